The number of hydrogen-bond donors (Lipinski definition) is 3. The number of carbonyl (C=O) groups excluding carboxylic acids is 2. The third kappa shape index (κ3) is 5.08. The van der Waals surface area contributed by atoms with Gasteiger partial charge in [-0.05, 0) is 61.7 Å². The van der Waals surface area contributed by atoms with Crippen molar-refractivity contribution in [2.24, 2.45) is 29.1 Å². The fourth-order valence-corrected chi connectivity index (χ4v) is 6.94. The molecule has 3 aliphatic rings. The van der Waals surface area contributed by atoms with Crippen LogP contribution in [0, 0.1) is 29.1 Å². The Labute approximate surface area is 197 Å². The first-order chi connectivity index (χ1) is 15.8. The normalized spacial score (nSPS) is 35.8. The fraction of sp³-hybridized carbons (Fsp3) is 0.769. The lowest BCUT2D eigenvalue weighted by Gasteiger charge is -2.56. The second-order valence-electron chi connectivity index (χ2n) is 11.1. The Morgan fingerprint density at radius 3 is 2.42 bits per heavy atom. The average Bonchev–Trinajstić information content (AvgIpc) is 2.82. The molecule has 0 spiro atoms. The van der Waals surface area contributed by atoms with E-state index in [0.717, 1.165) is 38.5 Å². The minimum Gasteiger partial charge on any atom is -0.392 e. The molecule has 0 radical (unpaired) electrons. The summed E-state index contributed by atoms with van der Waals surface area (Å²) in [6, 6.07) is 0.269. The number of hydrogen-bond acceptors (Lipinski definition) is 5. The number of aromatic nitrogens is 2. The first kappa shape index (κ1) is 24.1. The number of nitrogens with one attached hydrogen (secondary N) is 2. The third-order valence-corrected chi connectivity index (χ3v) is 9.03. The summed E-state index contributed by atoms with van der Waals surface area (Å²) in [5.41, 5.74) is 0.486. The van der Waals surface area contributed by atoms with Crippen LogP contribution >= 0.6 is 0 Å². The zero-order valence-corrected chi connectivity index (χ0v) is 20.3. The Hall–Kier alpha value is -2.02. The van der Waals surface area contributed by atoms with Crippen LogP contribution in [0.4, 0.5) is 0 Å². The van der Waals surface area contributed by atoms with Gasteiger partial charge in [-0.1, -0.05) is 40.0 Å². The zero-order valence-electron chi connectivity index (χ0n) is 20.3. The highest BCUT2D eigenvalue weighted by Crippen LogP contribution is 2.55. The van der Waals surface area contributed by atoms with Gasteiger partial charge in [0.05, 0.1) is 11.7 Å². The topological polar surface area (TPSA) is 104 Å². The smallest absolute Gasteiger partial charge is 0.254 e. The minimum absolute atomic E-state index is 0.0180. The molecule has 1 aromatic rings. The number of nitrogens with zero attached hydrogens (tertiary/aromatic N) is 2. The van der Waals surface area contributed by atoms with Crippen molar-refractivity contribution in [3.05, 3.63) is 24.3 Å². The molecule has 33 heavy (non-hydrogen) atoms. The number of fused-ring (bicyclic) bond motifs is 1. The lowest BCUT2D eigenvalue weighted by Crippen LogP contribution is -2.58. The van der Waals surface area contributed by atoms with E-state index < -0.39 is 6.10 Å². The summed E-state index contributed by atoms with van der Waals surface area (Å²) >= 11 is 0. The number of aliphatic hydroxyl groups is 1. The molecule has 2 amide bonds. The highest BCUT2D eigenvalue weighted by molar-refractivity contribution is 5.93. The van der Waals surface area contributed by atoms with E-state index in [9.17, 15) is 14.7 Å². The van der Waals surface area contributed by atoms with Gasteiger partial charge in [-0.25, -0.2) is 9.97 Å². The molecule has 0 aromatic carbocycles. The summed E-state index contributed by atoms with van der Waals surface area (Å²) in [6.07, 6.45) is 13.4. The van der Waals surface area contributed by atoms with Crippen molar-refractivity contribution in [2.45, 2.75) is 96.7 Å². The Kier molecular flexibility index (Phi) is 7.37. The van der Waals surface area contributed by atoms with Crippen LogP contribution in [0.15, 0.2) is 18.7 Å². The van der Waals surface area contributed by atoms with E-state index in [-0.39, 0.29) is 53.0 Å². The van der Waals surface area contributed by atoms with Gasteiger partial charge < -0.3 is 15.7 Å². The maximum absolute atomic E-state index is 13.1. The molecule has 1 aromatic heterocycles. The molecular weight excluding hydrogens is 416 g/mol. The van der Waals surface area contributed by atoms with Gasteiger partial charge >= 0.3 is 0 Å². The second kappa shape index (κ2) is 10.1. The largest absolute Gasteiger partial charge is 0.392 e. The zero-order chi connectivity index (χ0) is 23.6. The first-order valence-corrected chi connectivity index (χ1v) is 12.8. The molecule has 3 saturated carbocycles. The van der Waals surface area contributed by atoms with E-state index in [1.807, 2.05) is 6.92 Å². The molecule has 0 unspecified atom stereocenters. The van der Waals surface area contributed by atoms with Crippen molar-refractivity contribution in [3.8, 4) is 0 Å². The van der Waals surface area contributed by atoms with Gasteiger partial charge in [0.1, 0.15) is 6.33 Å². The Morgan fingerprint density at radius 1 is 1.06 bits per heavy atom. The number of carbonyl (C=O) groups is 2. The minimum atomic E-state index is -0.550. The summed E-state index contributed by atoms with van der Waals surface area (Å²) in [5, 5.41) is 18.0. The van der Waals surface area contributed by atoms with Crippen molar-refractivity contribution in [3.63, 3.8) is 0 Å². The molecule has 1 heterocycles. The van der Waals surface area contributed by atoms with Gasteiger partial charge in [0.15, 0.2) is 0 Å². The molecule has 182 valence electrons. The van der Waals surface area contributed by atoms with Crippen molar-refractivity contribution >= 4 is 11.8 Å². The third-order valence-electron chi connectivity index (χ3n) is 9.03. The van der Waals surface area contributed by atoms with E-state index >= 15 is 0 Å². The van der Waals surface area contributed by atoms with Crippen molar-refractivity contribution in [1.82, 2.24) is 20.6 Å². The maximum Gasteiger partial charge on any atom is 0.254 e. The molecule has 0 aliphatic heterocycles. The predicted molar refractivity (Wildman–Crippen MR) is 126 cm³/mol. The molecule has 0 bridgehead atoms. The molecule has 3 N–H and O–H groups in total. The van der Waals surface area contributed by atoms with Gasteiger partial charge in [0.2, 0.25) is 5.91 Å². The maximum atomic E-state index is 13.1. The molecule has 4 rings (SSSR count). The van der Waals surface area contributed by atoms with E-state index in [2.05, 4.69) is 34.4 Å². The van der Waals surface area contributed by atoms with Crippen LogP contribution in [0.3, 0.4) is 0 Å². The van der Waals surface area contributed by atoms with Gasteiger partial charge in [-0.15, -0.1) is 0 Å². The monoisotopic (exact) mass is 456 g/mol. The molecule has 3 fully saturated rings. The van der Waals surface area contributed by atoms with Crippen LogP contribution in [0.1, 0.15) is 88.9 Å². The number of aliphatic hydroxyl groups excluding tert-OH is 1. The summed E-state index contributed by atoms with van der Waals surface area (Å²) in [7, 11) is 0. The van der Waals surface area contributed by atoms with Crippen LogP contribution in [0.5, 0.6) is 0 Å². The fourth-order valence-electron chi connectivity index (χ4n) is 6.94. The molecule has 3 aliphatic carbocycles. The summed E-state index contributed by atoms with van der Waals surface area (Å²) < 4.78 is 0. The summed E-state index contributed by atoms with van der Waals surface area (Å²) in [6.45, 7) is 6.41. The lowest BCUT2D eigenvalue weighted by atomic mass is 9.51. The van der Waals surface area contributed by atoms with Crippen LogP contribution in [-0.2, 0) is 4.79 Å². The van der Waals surface area contributed by atoms with Crippen LogP contribution < -0.4 is 10.6 Å². The van der Waals surface area contributed by atoms with Crippen LogP contribution in [0.25, 0.3) is 0 Å². The van der Waals surface area contributed by atoms with Gasteiger partial charge in [0, 0.05) is 30.4 Å². The SMILES string of the molecule is C[C@@H]1[C@@H]2[C@@H](O)[C@H]([C@H](C)C(=O)NC3CCCCC3)CC[C@]2(C)CC[C@@H]1NC(=O)c1cncnc1. The van der Waals surface area contributed by atoms with Crippen molar-refractivity contribution < 1.29 is 14.7 Å². The van der Waals surface area contributed by atoms with Gasteiger partial charge in [-0.2, -0.15) is 0 Å². The van der Waals surface area contributed by atoms with E-state index in [0.29, 0.717) is 5.56 Å². The standard InChI is InChI=1S/C26H40N4O3/c1-16(24(32)29-19-7-5-4-6-8-19)20-9-11-26(3)12-10-21(17(2)22(26)23(20)31)30-25(33)18-13-27-15-28-14-18/h13-17,19-23,31H,4-12H2,1-3H3,(H,29,32)(H,30,33)/t16-,17-,20-,21-,22+,23-,26+/m0/s1. The Bertz CT molecular complexity index is 828. The van der Waals surface area contributed by atoms with Crippen molar-refractivity contribution in [1.29, 1.82) is 0 Å². The van der Waals surface area contributed by atoms with E-state index in [1.165, 1.54) is 38.0 Å². The number of rotatable bonds is 5. The van der Waals surface area contributed by atoms with Crippen LogP contribution in [-0.4, -0.2) is 45.1 Å². The Balaban J connectivity index is 1.43. The van der Waals surface area contributed by atoms with Crippen LogP contribution in [0.2, 0.25) is 0 Å². The first-order valence-electron chi connectivity index (χ1n) is 12.8. The predicted octanol–water partition coefficient (Wildman–Crippen LogP) is 3.48. The molecule has 7 heteroatoms. The molecular formula is C26H40N4O3. The highest BCUT2D eigenvalue weighted by atomic mass is 16.3. The second-order valence-corrected chi connectivity index (χ2v) is 11.1. The lowest BCUT2D eigenvalue weighted by molar-refractivity contribution is -0.142. The van der Waals surface area contributed by atoms with Crippen molar-refractivity contribution in [2.75, 3.05) is 0 Å². The van der Waals surface area contributed by atoms with E-state index in [4.69, 9.17) is 0 Å². The summed E-state index contributed by atoms with van der Waals surface area (Å²) in [5.74, 6) is -0.178. The molecule has 7 nitrogen and oxygen atoms in total. The number of amides is 2. The molecule has 0 saturated heterocycles. The van der Waals surface area contributed by atoms with Gasteiger partial charge in [0.25, 0.3) is 5.91 Å². The molecule has 7 atom stereocenters. The Morgan fingerprint density at radius 2 is 1.73 bits per heavy atom. The highest BCUT2D eigenvalue weighted by Gasteiger charge is 2.54. The van der Waals surface area contributed by atoms with E-state index in [1.54, 1.807) is 0 Å². The summed E-state index contributed by atoms with van der Waals surface area (Å²) in [4.78, 5) is 33.7. The van der Waals surface area contributed by atoms with Gasteiger partial charge in [-0.3, -0.25) is 9.59 Å². The quantitative estimate of drug-likeness (QED) is 0.629. The average molecular weight is 457 g/mol.